The van der Waals surface area contributed by atoms with Crippen LogP contribution in [-0.2, 0) is 4.79 Å². The van der Waals surface area contributed by atoms with Crippen LogP contribution in [0.15, 0.2) is 66.0 Å². The zero-order chi connectivity index (χ0) is 22.3. The van der Waals surface area contributed by atoms with Crippen LogP contribution in [0.25, 0.3) is 0 Å². The number of carbonyl (C=O) groups is 1. The number of hydrogen-bond acceptors (Lipinski definition) is 7. The Morgan fingerprint density at radius 2 is 1.81 bits per heavy atom. The molecule has 1 amide bonds. The number of para-hydroxylation sites is 2. The maximum Gasteiger partial charge on any atom is 0.234 e. The summed E-state index contributed by atoms with van der Waals surface area (Å²) < 4.78 is 5.51. The minimum Gasteiger partial charge on any atom is -0.495 e. The molecule has 2 heterocycles. The lowest BCUT2D eigenvalue weighted by atomic mass is 10.2. The standard InChI is InChI=1S/C23H24ClN5O2S/c1-31-20-8-3-2-7-19(20)28-11-13-29(14-12-28)22-23(26-10-9-25-22)32-16-21(30)27-18-6-4-5-17(24)15-18/h2-10,15H,11-14,16H2,1H3,(H,27,30). The molecule has 166 valence electrons. The van der Waals surface area contributed by atoms with Crippen LogP contribution in [0.4, 0.5) is 17.2 Å². The van der Waals surface area contributed by atoms with Crippen molar-refractivity contribution in [3.8, 4) is 5.75 Å². The van der Waals surface area contributed by atoms with Crippen LogP contribution in [-0.4, -0.2) is 54.9 Å². The van der Waals surface area contributed by atoms with Crippen LogP contribution in [0.3, 0.4) is 0 Å². The monoisotopic (exact) mass is 469 g/mol. The number of piperazine rings is 1. The molecule has 32 heavy (non-hydrogen) atoms. The van der Waals surface area contributed by atoms with E-state index in [1.54, 1.807) is 37.7 Å². The third-order valence-corrected chi connectivity index (χ3v) is 6.30. The number of thioether (sulfide) groups is 1. The molecular formula is C23H24ClN5O2S. The Balaban J connectivity index is 1.37. The van der Waals surface area contributed by atoms with Crippen molar-refractivity contribution in [3.63, 3.8) is 0 Å². The molecule has 0 bridgehead atoms. The van der Waals surface area contributed by atoms with E-state index in [2.05, 4.69) is 31.2 Å². The number of rotatable bonds is 7. The maximum atomic E-state index is 12.4. The van der Waals surface area contributed by atoms with Crippen molar-refractivity contribution in [2.24, 2.45) is 0 Å². The summed E-state index contributed by atoms with van der Waals surface area (Å²) in [4.78, 5) is 26.0. The van der Waals surface area contributed by atoms with Gasteiger partial charge in [0.25, 0.3) is 0 Å². The summed E-state index contributed by atoms with van der Waals surface area (Å²) in [5, 5.41) is 4.19. The van der Waals surface area contributed by atoms with Gasteiger partial charge in [0.1, 0.15) is 10.8 Å². The lowest BCUT2D eigenvalue weighted by Gasteiger charge is -2.37. The highest BCUT2D eigenvalue weighted by Crippen LogP contribution is 2.31. The van der Waals surface area contributed by atoms with Gasteiger partial charge >= 0.3 is 0 Å². The molecule has 0 saturated carbocycles. The van der Waals surface area contributed by atoms with E-state index in [0.29, 0.717) is 10.7 Å². The summed E-state index contributed by atoms with van der Waals surface area (Å²) in [6.45, 7) is 3.30. The minimum atomic E-state index is -0.116. The number of anilines is 3. The van der Waals surface area contributed by atoms with Gasteiger partial charge in [-0.25, -0.2) is 9.97 Å². The van der Waals surface area contributed by atoms with Crippen molar-refractivity contribution in [2.75, 3.05) is 54.2 Å². The number of nitrogens with one attached hydrogen (secondary N) is 1. The molecule has 1 N–H and O–H groups in total. The Kier molecular flexibility index (Phi) is 7.34. The fourth-order valence-corrected chi connectivity index (χ4v) is 4.56. The van der Waals surface area contributed by atoms with Gasteiger partial charge in [-0.3, -0.25) is 4.79 Å². The van der Waals surface area contributed by atoms with Crippen LogP contribution in [0.5, 0.6) is 5.75 Å². The van der Waals surface area contributed by atoms with Crippen LogP contribution in [0.2, 0.25) is 5.02 Å². The number of aromatic nitrogens is 2. The van der Waals surface area contributed by atoms with Gasteiger partial charge < -0.3 is 19.9 Å². The summed E-state index contributed by atoms with van der Waals surface area (Å²) in [5.74, 6) is 1.81. The second kappa shape index (κ2) is 10.6. The number of methoxy groups -OCH3 is 1. The largest absolute Gasteiger partial charge is 0.495 e. The predicted octanol–water partition coefficient (Wildman–Crippen LogP) is 4.20. The van der Waals surface area contributed by atoms with Gasteiger partial charge in [0.2, 0.25) is 5.91 Å². The van der Waals surface area contributed by atoms with Crippen molar-refractivity contribution in [3.05, 3.63) is 65.9 Å². The minimum absolute atomic E-state index is 0.116. The van der Waals surface area contributed by atoms with E-state index in [-0.39, 0.29) is 11.7 Å². The molecule has 0 unspecified atom stereocenters. The van der Waals surface area contributed by atoms with E-state index in [9.17, 15) is 4.79 Å². The second-order valence-corrected chi connectivity index (χ2v) is 8.58. The number of amides is 1. The highest BCUT2D eigenvalue weighted by atomic mass is 35.5. The highest BCUT2D eigenvalue weighted by Gasteiger charge is 2.23. The van der Waals surface area contributed by atoms with Gasteiger partial charge in [-0.2, -0.15) is 0 Å². The normalized spacial score (nSPS) is 13.7. The van der Waals surface area contributed by atoms with Crippen LogP contribution >= 0.6 is 23.4 Å². The van der Waals surface area contributed by atoms with Gasteiger partial charge in [-0.15, -0.1) is 0 Å². The third-order valence-electron chi connectivity index (χ3n) is 5.10. The summed E-state index contributed by atoms with van der Waals surface area (Å²) in [5.41, 5.74) is 1.77. The summed E-state index contributed by atoms with van der Waals surface area (Å²) >= 11 is 7.37. The highest BCUT2D eigenvalue weighted by molar-refractivity contribution is 8.00. The molecule has 4 rings (SSSR count). The molecule has 0 atom stereocenters. The molecule has 1 fully saturated rings. The summed E-state index contributed by atoms with van der Waals surface area (Å²) in [7, 11) is 1.70. The molecule has 1 aromatic heterocycles. The van der Waals surface area contributed by atoms with Crippen LogP contribution in [0, 0.1) is 0 Å². The van der Waals surface area contributed by atoms with E-state index in [0.717, 1.165) is 48.5 Å². The van der Waals surface area contributed by atoms with Gasteiger partial charge in [0.15, 0.2) is 5.82 Å². The molecule has 0 aliphatic carbocycles. The van der Waals surface area contributed by atoms with Crippen molar-refractivity contribution >= 4 is 46.5 Å². The van der Waals surface area contributed by atoms with Crippen LogP contribution < -0.4 is 19.9 Å². The van der Waals surface area contributed by atoms with Gasteiger partial charge in [-0.05, 0) is 30.3 Å². The Bertz CT molecular complexity index is 1080. The molecule has 9 heteroatoms. The van der Waals surface area contributed by atoms with Crippen molar-refractivity contribution in [1.29, 1.82) is 0 Å². The van der Waals surface area contributed by atoms with Gasteiger partial charge in [0.05, 0.1) is 18.6 Å². The topological polar surface area (TPSA) is 70.6 Å². The van der Waals surface area contributed by atoms with Gasteiger partial charge in [0, 0.05) is 49.3 Å². The summed E-state index contributed by atoms with van der Waals surface area (Å²) in [6, 6.07) is 15.2. The first kappa shape index (κ1) is 22.2. The Morgan fingerprint density at radius 3 is 2.59 bits per heavy atom. The van der Waals surface area contributed by atoms with E-state index in [4.69, 9.17) is 16.3 Å². The Labute approximate surface area is 196 Å². The number of ether oxygens (including phenoxy) is 1. The first-order valence-electron chi connectivity index (χ1n) is 10.3. The van der Waals surface area contributed by atoms with Crippen molar-refractivity contribution in [2.45, 2.75) is 5.03 Å². The average molecular weight is 470 g/mol. The molecule has 1 saturated heterocycles. The zero-order valence-electron chi connectivity index (χ0n) is 17.7. The molecule has 2 aromatic carbocycles. The molecule has 0 radical (unpaired) electrons. The number of benzene rings is 2. The number of nitrogens with zero attached hydrogens (tertiary/aromatic N) is 4. The fraction of sp³-hybridized carbons (Fsp3) is 0.261. The lowest BCUT2D eigenvalue weighted by Crippen LogP contribution is -2.47. The SMILES string of the molecule is COc1ccccc1N1CCN(c2nccnc2SCC(=O)Nc2cccc(Cl)c2)CC1. The number of carbonyl (C=O) groups excluding carboxylic acids is 1. The zero-order valence-corrected chi connectivity index (χ0v) is 19.3. The van der Waals surface area contributed by atoms with E-state index >= 15 is 0 Å². The maximum absolute atomic E-state index is 12.4. The van der Waals surface area contributed by atoms with E-state index in [1.807, 2.05) is 24.3 Å². The van der Waals surface area contributed by atoms with Gasteiger partial charge in [-0.1, -0.05) is 41.6 Å². The van der Waals surface area contributed by atoms with Crippen molar-refractivity contribution < 1.29 is 9.53 Å². The fourth-order valence-electron chi connectivity index (χ4n) is 3.58. The Morgan fingerprint density at radius 1 is 1.06 bits per heavy atom. The molecule has 3 aromatic rings. The first-order valence-corrected chi connectivity index (χ1v) is 11.6. The van der Waals surface area contributed by atoms with Crippen LogP contribution in [0.1, 0.15) is 0 Å². The first-order chi connectivity index (χ1) is 15.6. The quantitative estimate of drug-likeness (QED) is 0.520. The second-order valence-electron chi connectivity index (χ2n) is 7.18. The Hall–Kier alpha value is -2.97. The molecule has 1 aliphatic rings. The lowest BCUT2D eigenvalue weighted by molar-refractivity contribution is -0.113. The molecular weight excluding hydrogens is 446 g/mol. The predicted molar refractivity (Wildman–Crippen MR) is 130 cm³/mol. The summed E-state index contributed by atoms with van der Waals surface area (Å²) in [6.07, 6.45) is 3.35. The number of halogens is 1. The van der Waals surface area contributed by atoms with E-state index in [1.165, 1.54) is 11.8 Å². The molecule has 1 aliphatic heterocycles. The van der Waals surface area contributed by atoms with E-state index < -0.39 is 0 Å². The molecule has 0 spiro atoms. The van der Waals surface area contributed by atoms with Crippen molar-refractivity contribution in [1.82, 2.24) is 9.97 Å². The average Bonchev–Trinajstić information content (AvgIpc) is 2.83. The number of hydrogen-bond donors (Lipinski definition) is 1. The smallest absolute Gasteiger partial charge is 0.234 e. The third kappa shape index (κ3) is 5.44. The molecule has 7 nitrogen and oxygen atoms in total.